The van der Waals surface area contributed by atoms with Gasteiger partial charge in [-0.05, 0) is 53.9 Å². The van der Waals surface area contributed by atoms with Crippen LogP contribution in [0.15, 0.2) is 60.8 Å². The first-order valence-electron chi connectivity index (χ1n) is 16.8. The Morgan fingerprint density at radius 3 is 2.29 bits per heavy atom. The van der Waals surface area contributed by atoms with Gasteiger partial charge in [-0.15, -0.1) is 0 Å². The van der Waals surface area contributed by atoms with Gasteiger partial charge in [-0.1, -0.05) is 23.7 Å². The van der Waals surface area contributed by atoms with E-state index < -0.39 is 0 Å². The molecule has 0 saturated carbocycles. The molecule has 0 aliphatic carbocycles. The molecule has 0 radical (unpaired) electrons. The van der Waals surface area contributed by atoms with Crippen molar-refractivity contribution in [2.24, 2.45) is 0 Å². The third-order valence-corrected chi connectivity index (χ3v) is 9.65. The van der Waals surface area contributed by atoms with Crippen molar-refractivity contribution in [3.63, 3.8) is 0 Å². The number of amides is 1. The molecular formula is C37H47ClN6O4. The molecule has 2 fully saturated rings. The predicted octanol–water partition coefficient (Wildman–Crippen LogP) is 4.37. The lowest BCUT2D eigenvalue weighted by molar-refractivity contribution is -0.123. The zero-order valence-electron chi connectivity index (χ0n) is 28.2. The van der Waals surface area contributed by atoms with Crippen LogP contribution in [-0.4, -0.2) is 100 Å². The van der Waals surface area contributed by atoms with Gasteiger partial charge in [-0.2, -0.15) is 0 Å². The zero-order chi connectivity index (χ0) is 33.5. The Kier molecular flexibility index (Phi) is 11.4. The molecule has 0 bridgehead atoms. The van der Waals surface area contributed by atoms with Gasteiger partial charge < -0.3 is 34.7 Å². The molecule has 1 atom stereocenters. The van der Waals surface area contributed by atoms with Crippen molar-refractivity contribution < 1.29 is 19.0 Å². The Hall–Kier alpha value is -3.80. The highest BCUT2D eigenvalue weighted by atomic mass is 35.5. The van der Waals surface area contributed by atoms with E-state index in [1.807, 2.05) is 24.3 Å². The largest absolute Gasteiger partial charge is 0.497 e. The van der Waals surface area contributed by atoms with Gasteiger partial charge in [0.25, 0.3) is 0 Å². The number of fused-ring (bicyclic) bond motifs is 1. The minimum absolute atomic E-state index is 0.0482. The van der Waals surface area contributed by atoms with E-state index >= 15 is 0 Å². The number of benzene rings is 3. The number of rotatable bonds is 13. The first-order valence-corrected chi connectivity index (χ1v) is 17.2. The van der Waals surface area contributed by atoms with E-state index in [0.29, 0.717) is 18.1 Å². The van der Waals surface area contributed by atoms with Crippen molar-refractivity contribution in [3.05, 3.63) is 76.9 Å². The molecule has 2 aliphatic heterocycles. The average molecular weight is 675 g/mol. The summed E-state index contributed by atoms with van der Waals surface area (Å²) in [6.45, 7) is 9.43. The Labute approximate surface area is 288 Å². The van der Waals surface area contributed by atoms with Crippen LogP contribution in [0.3, 0.4) is 0 Å². The van der Waals surface area contributed by atoms with Gasteiger partial charge in [0.15, 0.2) is 0 Å². The number of carbonyl (C=O) groups excluding carboxylic acids is 1. The van der Waals surface area contributed by atoms with Gasteiger partial charge >= 0.3 is 0 Å². The van der Waals surface area contributed by atoms with Crippen molar-refractivity contribution in [2.75, 3.05) is 73.7 Å². The van der Waals surface area contributed by atoms with Crippen LogP contribution >= 0.6 is 11.6 Å². The van der Waals surface area contributed by atoms with Crippen LogP contribution in [0.5, 0.6) is 17.2 Å². The lowest BCUT2D eigenvalue weighted by atomic mass is 10.0. The number of aromatic nitrogens is 1. The van der Waals surface area contributed by atoms with Crippen LogP contribution in [0.1, 0.15) is 17.5 Å². The fourth-order valence-corrected chi connectivity index (χ4v) is 7.03. The second-order valence-corrected chi connectivity index (χ2v) is 12.9. The molecule has 3 aromatic carbocycles. The number of carbonyl (C=O) groups is 1. The maximum Gasteiger partial charge on any atom is 0.238 e. The second-order valence-electron chi connectivity index (χ2n) is 12.5. The number of piperazine rings is 2. The summed E-state index contributed by atoms with van der Waals surface area (Å²) in [6, 6.07) is 18.5. The average Bonchev–Trinajstić information content (AvgIpc) is 3.47. The molecule has 11 heteroatoms. The lowest BCUT2D eigenvalue weighted by Gasteiger charge is -2.34. The number of nitrogens with zero attached hydrogens (tertiary/aromatic N) is 3. The number of ether oxygens (including phenoxy) is 3. The van der Waals surface area contributed by atoms with Crippen LogP contribution in [0.2, 0.25) is 5.02 Å². The molecular weight excluding hydrogens is 628 g/mol. The van der Waals surface area contributed by atoms with E-state index in [9.17, 15) is 4.79 Å². The normalized spacial score (nSPS) is 17.4. The van der Waals surface area contributed by atoms with Crippen molar-refractivity contribution in [3.8, 4) is 28.4 Å². The van der Waals surface area contributed by atoms with Gasteiger partial charge in [0.05, 0.1) is 32.4 Å². The van der Waals surface area contributed by atoms with Crippen LogP contribution in [0, 0.1) is 0 Å². The summed E-state index contributed by atoms with van der Waals surface area (Å²) in [6.07, 6.45) is 2.99. The van der Waals surface area contributed by atoms with E-state index in [1.165, 1.54) is 11.1 Å². The van der Waals surface area contributed by atoms with Crippen molar-refractivity contribution in [1.29, 1.82) is 0 Å². The molecule has 3 N–H and O–H groups in total. The SMILES string of the molecule is COc1cc(CN2CCN(Cc3ccc4c(c3)c(-c3c(Cl)cccc3OC)cn4CCCNC(=O)C3CNCCN3)CC2)cc(OC)c1. The van der Waals surface area contributed by atoms with E-state index in [1.54, 1.807) is 21.3 Å². The van der Waals surface area contributed by atoms with Crippen LogP contribution in [0.25, 0.3) is 22.0 Å². The minimum Gasteiger partial charge on any atom is -0.497 e. The van der Waals surface area contributed by atoms with Crippen molar-refractivity contribution in [2.45, 2.75) is 32.1 Å². The highest BCUT2D eigenvalue weighted by Crippen LogP contribution is 2.41. The summed E-state index contributed by atoms with van der Waals surface area (Å²) in [5.41, 5.74) is 5.54. The Bertz CT molecular complexity index is 1670. The summed E-state index contributed by atoms with van der Waals surface area (Å²) in [5, 5.41) is 11.4. The van der Waals surface area contributed by atoms with Gasteiger partial charge in [0.2, 0.25) is 5.91 Å². The van der Waals surface area contributed by atoms with Crippen molar-refractivity contribution >= 4 is 28.4 Å². The van der Waals surface area contributed by atoms with Crippen LogP contribution < -0.4 is 30.2 Å². The fourth-order valence-electron chi connectivity index (χ4n) is 6.77. The minimum atomic E-state index is -0.177. The van der Waals surface area contributed by atoms with E-state index in [2.05, 4.69) is 66.8 Å². The zero-order valence-corrected chi connectivity index (χ0v) is 28.9. The fraction of sp³-hybridized carbons (Fsp3) is 0.432. The Balaban J connectivity index is 1.15. The molecule has 10 nitrogen and oxygen atoms in total. The molecule has 1 unspecified atom stereocenters. The molecule has 48 heavy (non-hydrogen) atoms. The summed E-state index contributed by atoms with van der Waals surface area (Å²) in [7, 11) is 5.06. The number of aryl methyl sites for hydroxylation is 1. The number of hydrogen-bond acceptors (Lipinski definition) is 8. The van der Waals surface area contributed by atoms with Gasteiger partial charge in [-0.3, -0.25) is 14.6 Å². The first kappa shape index (κ1) is 34.1. The molecule has 3 heterocycles. The Morgan fingerprint density at radius 1 is 0.896 bits per heavy atom. The smallest absolute Gasteiger partial charge is 0.238 e. The van der Waals surface area contributed by atoms with Crippen LogP contribution in [0.4, 0.5) is 0 Å². The highest BCUT2D eigenvalue weighted by molar-refractivity contribution is 6.34. The number of nitrogens with one attached hydrogen (secondary N) is 3. The van der Waals surface area contributed by atoms with Crippen LogP contribution in [-0.2, 0) is 24.4 Å². The first-order chi connectivity index (χ1) is 23.4. The van der Waals surface area contributed by atoms with Crippen molar-refractivity contribution in [1.82, 2.24) is 30.3 Å². The van der Waals surface area contributed by atoms with Gasteiger partial charge in [-0.25, -0.2) is 0 Å². The predicted molar refractivity (Wildman–Crippen MR) is 191 cm³/mol. The second kappa shape index (κ2) is 16.1. The van der Waals surface area contributed by atoms with E-state index in [4.69, 9.17) is 25.8 Å². The van der Waals surface area contributed by atoms with Gasteiger partial charge in [0.1, 0.15) is 17.2 Å². The summed E-state index contributed by atoms with van der Waals surface area (Å²) in [4.78, 5) is 17.6. The third kappa shape index (κ3) is 8.07. The monoisotopic (exact) mass is 674 g/mol. The highest BCUT2D eigenvalue weighted by Gasteiger charge is 2.22. The molecule has 1 amide bonds. The number of halogens is 1. The Morgan fingerprint density at radius 2 is 1.62 bits per heavy atom. The standard InChI is InChI=1S/C37H47ClN6O4/c1-46-28-18-27(19-29(21-28)47-2)24-43-16-14-42(15-17-43)23-26-8-9-34-30(20-26)31(36-32(38)6-4-7-35(36)48-3)25-44(34)13-5-10-41-37(45)33-22-39-11-12-40-33/h4,6-9,18-21,25,33,39-40H,5,10-17,22-24H2,1-3H3,(H,41,45). The maximum atomic E-state index is 12.6. The summed E-state index contributed by atoms with van der Waals surface area (Å²) >= 11 is 6.81. The molecule has 256 valence electrons. The van der Waals surface area contributed by atoms with E-state index in [-0.39, 0.29) is 11.9 Å². The van der Waals surface area contributed by atoms with E-state index in [0.717, 1.165) is 105 Å². The molecule has 2 aliphatic rings. The molecule has 4 aromatic rings. The lowest BCUT2D eigenvalue weighted by Crippen LogP contribution is -2.55. The third-order valence-electron chi connectivity index (χ3n) is 9.33. The summed E-state index contributed by atoms with van der Waals surface area (Å²) in [5.74, 6) is 2.43. The molecule has 2 saturated heterocycles. The molecule has 6 rings (SSSR count). The summed E-state index contributed by atoms with van der Waals surface area (Å²) < 4.78 is 19.0. The number of hydrogen-bond donors (Lipinski definition) is 3. The van der Waals surface area contributed by atoms with Gasteiger partial charge in [0, 0.05) is 106 Å². The quantitative estimate of drug-likeness (QED) is 0.180. The molecule has 1 aromatic heterocycles. The topological polar surface area (TPSA) is 92.3 Å². The molecule has 0 spiro atoms. The number of methoxy groups -OCH3 is 3. The maximum absolute atomic E-state index is 12.6.